The average Bonchev–Trinajstić information content (AvgIpc) is 2.78. The van der Waals surface area contributed by atoms with Crippen LogP contribution in [0.15, 0.2) is 10.2 Å². The lowest BCUT2D eigenvalue weighted by atomic mass is 9.89. The highest BCUT2D eigenvalue weighted by Gasteiger charge is 2.44. The van der Waals surface area contributed by atoms with Gasteiger partial charge in [0.2, 0.25) is 0 Å². The second kappa shape index (κ2) is 13.2. The quantitative estimate of drug-likeness (QED) is 0.399. The summed E-state index contributed by atoms with van der Waals surface area (Å²) in [4.78, 5) is 47.7. The molecule has 0 radical (unpaired) electrons. The van der Waals surface area contributed by atoms with E-state index in [0.29, 0.717) is 32.1 Å². The first-order valence-electron chi connectivity index (χ1n) is 12.3. The Kier molecular flexibility index (Phi) is 11.8. The van der Waals surface area contributed by atoms with Gasteiger partial charge in [0.15, 0.2) is 11.1 Å². The first-order chi connectivity index (χ1) is 15.1. The van der Waals surface area contributed by atoms with Crippen molar-refractivity contribution in [1.82, 2.24) is 0 Å². The number of nitrogens with zero attached hydrogens (tertiary/aromatic N) is 2. The minimum atomic E-state index is -1.21. The molecule has 1 rings (SSSR count). The highest BCUT2D eigenvalue weighted by molar-refractivity contribution is 5.81. The van der Waals surface area contributed by atoms with Crippen LogP contribution >= 0.6 is 0 Å². The molecule has 0 spiro atoms. The Labute approximate surface area is 193 Å². The SMILES string of the molecule is CCCCC1(CC)N=NC(CC)(CCCC)C(=O)OOC(C)(C)CCC(C)COOC1=O. The lowest BCUT2D eigenvalue weighted by Crippen LogP contribution is -2.42. The Hall–Kier alpha value is -1.54. The van der Waals surface area contributed by atoms with Crippen molar-refractivity contribution in [2.24, 2.45) is 16.1 Å². The van der Waals surface area contributed by atoms with Crippen LogP contribution in [0.3, 0.4) is 0 Å². The van der Waals surface area contributed by atoms with Crippen molar-refractivity contribution in [2.75, 3.05) is 6.61 Å². The second-order valence-corrected chi connectivity index (χ2v) is 9.69. The van der Waals surface area contributed by atoms with E-state index in [-0.39, 0.29) is 12.5 Å². The summed E-state index contributed by atoms with van der Waals surface area (Å²) in [5, 5.41) is 9.01. The minimum absolute atomic E-state index is 0.124. The first-order valence-corrected chi connectivity index (χ1v) is 12.3. The molecule has 0 aromatic rings. The third kappa shape index (κ3) is 8.10. The van der Waals surface area contributed by atoms with E-state index < -0.39 is 28.6 Å². The molecule has 0 amide bonds. The molecule has 1 aliphatic rings. The van der Waals surface area contributed by atoms with Gasteiger partial charge in [0, 0.05) is 0 Å². The van der Waals surface area contributed by atoms with Crippen LogP contribution in [0.2, 0.25) is 0 Å². The zero-order chi connectivity index (χ0) is 24.3. The van der Waals surface area contributed by atoms with E-state index in [1.165, 1.54) is 0 Å². The van der Waals surface area contributed by atoms with Gasteiger partial charge in [-0.15, -0.1) is 0 Å². The van der Waals surface area contributed by atoms with Crippen molar-refractivity contribution in [3.05, 3.63) is 0 Å². The van der Waals surface area contributed by atoms with Gasteiger partial charge in [0.25, 0.3) is 0 Å². The van der Waals surface area contributed by atoms with Gasteiger partial charge in [-0.05, 0) is 58.3 Å². The number of carbonyl (C=O) groups is 2. The van der Waals surface area contributed by atoms with Crippen LogP contribution in [0.5, 0.6) is 0 Å². The number of carbonyl (C=O) groups excluding carboxylic acids is 2. The van der Waals surface area contributed by atoms with Gasteiger partial charge >= 0.3 is 11.9 Å². The summed E-state index contributed by atoms with van der Waals surface area (Å²) in [6.45, 7) is 13.9. The van der Waals surface area contributed by atoms with Crippen molar-refractivity contribution in [1.29, 1.82) is 0 Å². The first kappa shape index (κ1) is 28.5. The fourth-order valence-electron chi connectivity index (χ4n) is 3.53. The van der Waals surface area contributed by atoms with E-state index in [1.807, 2.05) is 48.5 Å². The molecular weight excluding hydrogens is 412 g/mol. The van der Waals surface area contributed by atoms with E-state index in [2.05, 4.69) is 10.2 Å². The topological polar surface area (TPSA) is 95.8 Å². The molecule has 0 N–H and O–H groups in total. The summed E-state index contributed by atoms with van der Waals surface area (Å²) in [6.07, 6.45) is 6.41. The Morgan fingerprint density at radius 1 is 0.875 bits per heavy atom. The molecule has 0 saturated carbocycles. The lowest BCUT2D eigenvalue weighted by molar-refractivity contribution is -0.330. The Bertz CT molecular complexity index is 624. The molecule has 186 valence electrons. The van der Waals surface area contributed by atoms with E-state index in [0.717, 1.165) is 32.1 Å². The van der Waals surface area contributed by atoms with Gasteiger partial charge < -0.3 is 0 Å². The fraction of sp³-hybridized carbons (Fsp3) is 0.917. The summed E-state index contributed by atoms with van der Waals surface area (Å²) in [5.41, 5.74) is -3.09. The van der Waals surface area contributed by atoms with Crippen LogP contribution in [0, 0.1) is 5.92 Å². The van der Waals surface area contributed by atoms with Crippen LogP contribution in [0.25, 0.3) is 0 Å². The average molecular weight is 457 g/mol. The summed E-state index contributed by atoms with van der Waals surface area (Å²) >= 11 is 0. The highest BCUT2D eigenvalue weighted by atomic mass is 17.2. The Morgan fingerprint density at radius 2 is 1.38 bits per heavy atom. The zero-order valence-corrected chi connectivity index (χ0v) is 21.2. The van der Waals surface area contributed by atoms with Crippen molar-refractivity contribution < 1.29 is 29.1 Å². The maximum atomic E-state index is 13.2. The van der Waals surface area contributed by atoms with E-state index >= 15 is 0 Å². The molecule has 8 nitrogen and oxygen atoms in total. The molecule has 0 aromatic carbocycles. The number of hydrogen-bond donors (Lipinski definition) is 0. The molecule has 32 heavy (non-hydrogen) atoms. The number of rotatable bonds is 8. The molecule has 1 aliphatic heterocycles. The monoisotopic (exact) mass is 456 g/mol. The smallest absolute Gasteiger partial charge is 0.295 e. The van der Waals surface area contributed by atoms with Crippen molar-refractivity contribution in [2.45, 2.75) is 129 Å². The largest absolute Gasteiger partial charge is 0.371 e. The molecule has 0 saturated heterocycles. The zero-order valence-electron chi connectivity index (χ0n) is 21.2. The van der Waals surface area contributed by atoms with Crippen LogP contribution in [-0.4, -0.2) is 35.2 Å². The van der Waals surface area contributed by atoms with Gasteiger partial charge in [-0.2, -0.15) is 20.0 Å². The highest BCUT2D eigenvalue weighted by Crippen LogP contribution is 2.33. The van der Waals surface area contributed by atoms with Crippen LogP contribution < -0.4 is 0 Å². The van der Waals surface area contributed by atoms with Crippen molar-refractivity contribution >= 4 is 11.9 Å². The van der Waals surface area contributed by atoms with Gasteiger partial charge in [-0.25, -0.2) is 9.59 Å². The minimum Gasteiger partial charge on any atom is -0.295 e. The van der Waals surface area contributed by atoms with Gasteiger partial charge in [-0.3, -0.25) is 9.78 Å². The summed E-state index contributed by atoms with van der Waals surface area (Å²) in [7, 11) is 0. The molecule has 1 heterocycles. The Morgan fingerprint density at radius 3 is 1.84 bits per heavy atom. The van der Waals surface area contributed by atoms with Crippen LogP contribution in [-0.2, 0) is 29.1 Å². The molecule has 0 aromatic heterocycles. The molecule has 0 bridgehead atoms. The van der Waals surface area contributed by atoms with Crippen LogP contribution in [0.1, 0.15) is 113 Å². The number of azo groups is 1. The normalized spacial score (nSPS) is 30.2. The maximum absolute atomic E-state index is 13.2. The predicted molar refractivity (Wildman–Crippen MR) is 122 cm³/mol. The number of hydrogen-bond acceptors (Lipinski definition) is 8. The van der Waals surface area contributed by atoms with Crippen molar-refractivity contribution in [3.8, 4) is 0 Å². The number of unbranched alkanes of at least 4 members (excludes halogenated alkanes) is 2. The van der Waals surface area contributed by atoms with Crippen molar-refractivity contribution in [3.63, 3.8) is 0 Å². The Balaban J connectivity index is 3.41. The van der Waals surface area contributed by atoms with Crippen LogP contribution in [0.4, 0.5) is 0 Å². The fourth-order valence-corrected chi connectivity index (χ4v) is 3.53. The van der Waals surface area contributed by atoms with E-state index in [4.69, 9.17) is 19.6 Å². The molecule has 0 aliphatic carbocycles. The standard InChI is InChI=1S/C24H44N2O6/c1-8-12-15-23(10-3)20(27)30-29-18-19(5)14-17-22(6,7)32-31-21(28)24(11-4,26-25-23)16-13-9-2/h19H,8-18H2,1-7H3. The molecule has 3 atom stereocenters. The molecular formula is C24H44N2O6. The van der Waals surface area contributed by atoms with Gasteiger partial charge in [0.1, 0.15) is 5.60 Å². The predicted octanol–water partition coefficient (Wildman–Crippen LogP) is 6.27. The third-order valence-electron chi connectivity index (χ3n) is 6.32. The summed E-state index contributed by atoms with van der Waals surface area (Å²) in [5.74, 6) is -1.01. The van der Waals surface area contributed by atoms with E-state index in [9.17, 15) is 9.59 Å². The summed E-state index contributed by atoms with van der Waals surface area (Å²) < 4.78 is 0. The lowest BCUT2D eigenvalue weighted by Gasteiger charge is -2.30. The van der Waals surface area contributed by atoms with E-state index in [1.54, 1.807) is 0 Å². The second-order valence-electron chi connectivity index (χ2n) is 9.69. The molecule has 3 unspecified atom stereocenters. The maximum Gasteiger partial charge on any atom is 0.371 e. The van der Waals surface area contributed by atoms with Gasteiger partial charge in [-0.1, -0.05) is 60.3 Å². The van der Waals surface area contributed by atoms with Gasteiger partial charge in [0.05, 0.1) is 6.61 Å². The molecule has 8 heteroatoms. The summed E-state index contributed by atoms with van der Waals surface area (Å²) in [6, 6.07) is 0. The molecule has 0 fully saturated rings. The third-order valence-corrected chi connectivity index (χ3v) is 6.32.